The summed E-state index contributed by atoms with van der Waals surface area (Å²) in [5.41, 5.74) is 5.50. The SMILES string of the molecule is C1=CC(c2ccccc2)(c2cccs2)Cc2[nH]nc(-c3cccnc3)c21. The molecule has 0 saturated carbocycles. The number of aromatic amines is 1. The zero-order valence-electron chi connectivity index (χ0n) is 14.1. The number of rotatable bonds is 3. The molecule has 3 aromatic heterocycles. The minimum atomic E-state index is -0.152. The van der Waals surface area contributed by atoms with Crippen molar-refractivity contribution in [2.75, 3.05) is 0 Å². The molecule has 0 fully saturated rings. The second-order valence-electron chi connectivity index (χ2n) is 6.53. The lowest BCUT2D eigenvalue weighted by Crippen LogP contribution is -2.29. The topological polar surface area (TPSA) is 41.6 Å². The van der Waals surface area contributed by atoms with Gasteiger partial charge in [0.1, 0.15) is 5.69 Å². The van der Waals surface area contributed by atoms with Crippen LogP contribution in [0.2, 0.25) is 0 Å². The highest BCUT2D eigenvalue weighted by Gasteiger charge is 2.37. The summed E-state index contributed by atoms with van der Waals surface area (Å²) in [5, 5.41) is 10.0. The number of pyridine rings is 1. The first-order valence-corrected chi connectivity index (χ1v) is 9.51. The van der Waals surface area contributed by atoms with E-state index in [1.54, 1.807) is 17.5 Å². The van der Waals surface area contributed by atoms with Crippen molar-refractivity contribution in [1.29, 1.82) is 0 Å². The van der Waals surface area contributed by atoms with Crippen molar-refractivity contribution in [2.45, 2.75) is 11.8 Å². The fourth-order valence-electron chi connectivity index (χ4n) is 3.77. The zero-order chi connectivity index (χ0) is 17.4. The highest BCUT2D eigenvalue weighted by atomic mass is 32.1. The van der Waals surface area contributed by atoms with Crippen LogP contribution in [0.3, 0.4) is 0 Å². The lowest BCUT2D eigenvalue weighted by Gasteiger charge is -2.33. The van der Waals surface area contributed by atoms with Crippen molar-refractivity contribution in [3.63, 3.8) is 0 Å². The molecule has 3 heterocycles. The minimum absolute atomic E-state index is 0.152. The van der Waals surface area contributed by atoms with Gasteiger partial charge in [-0.05, 0) is 29.1 Å². The summed E-state index contributed by atoms with van der Waals surface area (Å²) in [6.07, 6.45) is 9.08. The van der Waals surface area contributed by atoms with E-state index in [-0.39, 0.29) is 5.41 Å². The Bertz CT molecular complexity index is 1050. The molecule has 3 nitrogen and oxygen atoms in total. The Balaban J connectivity index is 1.65. The van der Waals surface area contributed by atoms with Crippen LogP contribution in [0.4, 0.5) is 0 Å². The Morgan fingerprint density at radius 3 is 2.69 bits per heavy atom. The van der Waals surface area contributed by atoms with E-state index in [9.17, 15) is 0 Å². The van der Waals surface area contributed by atoms with Crippen LogP contribution in [0.5, 0.6) is 0 Å². The first-order chi connectivity index (χ1) is 12.9. The third-order valence-corrected chi connectivity index (χ3v) is 6.11. The second-order valence-corrected chi connectivity index (χ2v) is 7.48. The lowest BCUT2D eigenvalue weighted by atomic mass is 9.72. The normalized spacial score (nSPS) is 18.6. The molecule has 0 radical (unpaired) electrons. The molecule has 1 N–H and O–H groups in total. The van der Waals surface area contributed by atoms with Crippen LogP contribution in [0, 0.1) is 0 Å². The molecule has 1 aliphatic carbocycles. The Morgan fingerprint density at radius 1 is 1.00 bits per heavy atom. The second kappa shape index (κ2) is 6.07. The summed E-state index contributed by atoms with van der Waals surface area (Å²) in [6, 6.07) is 19.1. The number of fused-ring (bicyclic) bond motifs is 1. The number of benzene rings is 1. The van der Waals surface area contributed by atoms with Crippen molar-refractivity contribution in [1.82, 2.24) is 15.2 Å². The van der Waals surface area contributed by atoms with Gasteiger partial charge in [-0.15, -0.1) is 11.3 Å². The van der Waals surface area contributed by atoms with E-state index < -0.39 is 0 Å². The van der Waals surface area contributed by atoms with Gasteiger partial charge in [-0.1, -0.05) is 48.6 Å². The molecule has 126 valence electrons. The molecular weight excluding hydrogens is 338 g/mol. The van der Waals surface area contributed by atoms with E-state index in [1.165, 1.54) is 21.7 Å². The van der Waals surface area contributed by atoms with Gasteiger partial charge in [-0.3, -0.25) is 10.1 Å². The fraction of sp³-hybridized carbons (Fsp3) is 0.0909. The molecule has 4 aromatic rings. The molecular formula is C22H17N3S. The molecule has 1 aromatic carbocycles. The number of hydrogen-bond donors (Lipinski definition) is 1. The maximum absolute atomic E-state index is 4.60. The molecule has 4 heteroatoms. The number of aromatic nitrogens is 3. The summed E-state index contributed by atoms with van der Waals surface area (Å²) in [7, 11) is 0. The zero-order valence-corrected chi connectivity index (χ0v) is 14.9. The predicted molar refractivity (Wildman–Crippen MR) is 106 cm³/mol. The third-order valence-electron chi connectivity index (χ3n) is 5.06. The van der Waals surface area contributed by atoms with Gasteiger partial charge in [-0.25, -0.2) is 0 Å². The molecule has 26 heavy (non-hydrogen) atoms. The molecule has 5 rings (SSSR count). The number of H-pyrrole nitrogens is 1. The number of hydrogen-bond acceptors (Lipinski definition) is 3. The van der Waals surface area contributed by atoms with Gasteiger partial charge in [-0.2, -0.15) is 5.10 Å². The van der Waals surface area contributed by atoms with Crippen LogP contribution in [-0.2, 0) is 11.8 Å². The number of thiophene rings is 1. The third kappa shape index (κ3) is 2.34. The molecule has 1 unspecified atom stereocenters. The van der Waals surface area contributed by atoms with Gasteiger partial charge in [0.25, 0.3) is 0 Å². The number of nitrogens with one attached hydrogen (secondary N) is 1. The summed E-state index contributed by atoms with van der Waals surface area (Å²) in [4.78, 5) is 5.58. The molecule has 0 aliphatic heterocycles. The fourth-order valence-corrected chi connectivity index (χ4v) is 4.69. The molecule has 1 atom stereocenters. The van der Waals surface area contributed by atoms with E-state index >= 15 is 0 Å². The quantitative estimate of drug-likeness (QED) is 0.556. The summed E-state index contributed by atoms with van der Waals surface area (Å²) in [6.45, 7) is 0. The predicted octanol–water partition coefficient (Wildman–Crippen LogP) is 5.09. The van der Waals surface area contributed by atoms with Gasteiger partial charge in [0.15, 0.2) is 0 Å². The smallest absolute Gasteiger partial charge is 0.101 e. The van der Waals surface area contributed by atoms with Crippen molar-refractivity contribution in [2.24, 2.45) is 0 Å². The highest BCUT2D eigenvalue weighted by molar-refractivity contribution is 7.10. The van der Waals surface area contributed by atoms with Crippen LogP contribution in [0.15, 0.2) is 78.4 Å². The minimum Gasteiger partial charge on any atom is -0.281 e. The van der Waals surface area contributed by atoms with Crippen LogP contribution in [0.25, 0.3) is 17.3 Å². The summed E-state index contributed by atoms with van der Waals surface area (Å²) in [5.74, 6) is 0. The summed E-state index contributed by atoms with van der Waals surface area (Å²) < 4.78 is 0. The van der Waals surface area contributed by atoms with E-state index in [4.69, 9.17) is 0 Å². The first kappa shape index (κ1) is 15.3. The molecule has 0 amide bonds. The molecule has 1 aliphatic rings. The average molecular weight is 355 g/mol. The first-order valence-electron chi connectivity index (χ1n) is 8.63. The van der Waals surface area contributed by atoms with E-state index in [0.29, 0.717) is 0 Å². The molecule has 0 spiro atoms. The van der Waals surface area contributed by atoms with Gasteiger partial charge >= 0.3 is 0 Å². The molecule has 0 saturated heterocycles. The Hall–Kier alpha value is -2.98. The highest BCUT2D eigenvalue weighted by Crippen LogP contribution is 2.44. The maximum atomic E-state index is 4.60. The van der Waals surface area contributed by atoms with E-state index in [0.717, 1.165) is 17.7 Å². The van der Waals surface area contributed by atoms with Crippen LogP contribution in [0.1, 0.15) is 21.7 Å². The average Bonchev–Trinajstić information content (AvgIpc) is 3.39. The lowest BCUT2D eigenvalue weighted by molar-refractivity contribution is 0.633. The van der Waals surface area contributed by atoms with Crippen LogP contribution >= 0.6 is 11.3 Å². The van der Waals surface area contributed by atoms with Crippen molar-refractivity contribution in [3.8, 4) is 11.3 Å². The van der Waals surface area contributed by atoms with Gasteiger partial charge in [0.2, 0.25) is 0 Å². The largest absolute Gasteiger partial charge is 0.281 e. The Kier molecular flexibility index (Phi) is 3.57. The van der Waals surface area contributed by atoms with Gasteiger partial charge in [0, 0.05) is 40.5 Å². The maximum Gasteiger partial charge on any atom is 0.101 e. The number of nitrogens with zero attached hydrogens (tertiary/aromatic N) is 2. The van der Waals surface area contributed by atoms with Crippen LogP contribution in [-0.4, -0.2) is 15.2 Å². The van der Waals surface area contributed by atoms with Crippen molar-refractivity contribution < 1.29 is 0 Å². The van der Waals surface area contributed by atoms with Crippen molar-refractivity contribution in [3.05, 3.63) is 100 Å². The van der Waals surface area contributed by atoms with E-state index in [2.05, 4.69) is 81.2 Å². The van der Waals surface area contributed by atoms with Crippen LogP contribution < -0.4 is 0 Å². The van der Waals surface area contributed by atoms with Crippen molar-refractivity contribution >= 4 is 17.4 Å². The monoisotopic (exact) mass is 355 g/mol. The van der Waals surface area contributed by atoms with Gasteiger partial charge in [0.05, 0.1) is 5.41 Å². The Labute approximate surface area is 156 Å². The molecule has 0 bridgehead atoms. The van der Waals surface area contributed by atoms with E-state index in [1.807, 2.05) is 12.3 Å². The Morgan fingerprint density at radius 2 is 1.92 bits per heavy atom. The standard InChI is InChI=1S/C22H17N3S/c1-2-7-17(8-3-1)22(20-9-5-13-26-20)11-10-18-19(14-22)24-25-21(18)16-6-4-12-23-15-16/h1-13,15H,14H2,(H,24,25). The summed E-state index contributed by atoms with van der Waals surface area (Å²) >= 11 is 1.81. The van der Waals surface area contributed by atoms with Gasteiger partial charge < -0.3 is 0 Å². The number of allylic oxidation sites excluding steroid dienone is 1.